The molecule has 0 aliphatic rings. The van der Waals surface area contributed by atoms with Crippen molar-refractivity contribution >= 4 is 5.91 Å². The molecule has 0 aliphatic heterocycles. The summed E-state index contributed by atoms with van der Waals surface area (Å²) in [7, 11) is 1.52. The van der Waals surface area contributed by atoms with E-state index >= 15 is 0 Å². The molecule has 0 radical (unpaired) electrons. The van der Waals surface area contributed by atoms with E-state index in [-0.39, 0.29) is 18.6 Å². The minimum absolute atomic E-state index is 0.0931. The van der Waals surface area contributed by atoms with E-state index in [0.29, 0.717) is 12.8 Å². The van der Waals surface area contributed by atoms with E-state index in [1.165, 1.54) is 7.11 Å². The van der Waals surface area contributed by atoms with Crippen molar-refractivity contribution < 1.29 is 14.6 Å². The van der Waals surface area contributed by atoms with E-state index in [9.17, 15) is 9.90 Å². The van der Waals surface area contributed by atoms with Gasteiger partial charge in [0.2, 0.25) is 0 Å². The van der Waals surface area contributed by atoms with Crippen molar-refractivity contribution in [3.8, 4) is 0 Å². The predicted molar refractivity (Wildman–Crippen MR) is 74.9 cm³/mol. The lowest BCUT2D eigenvalue weighted by Crippen LogP contribution is -2.51. The first-order valence-electron chi connectivity index (χ1n) is 6.56. The Labute approximate surface area is 114 Å². The molecule has 2 atom stereocenters. The molecule has 0 spiro atoms. The molecule has 1 aromatic carbocycles. The zero-order valence-electron chi connectivity index (χ0n) is 11.8. The van der Waals surface area contributed by atoms with Gasteiger partial charge < -0.3 is 15.2 Å². The number of nitrogens with one attached hydrogen (secondary N) is 1. The molecule has 4 nitrogen and oxygen atoms in total. The van der Waals surface area contributed by atoms with Crippen LogP contribution in [0.1, 0.15) is 25.8 Å². The Morgan fingerprint density at radius 3 is 2.53 bits per heavy atom. The molecule has 2 N–H and O–H groups in total. The van der Waals surface area contributed by atoms with Crippen LogP contribution in [0.15, 0.2) is 30.3 Å². The maximum atomic E-state index is 12.1. The van der Waals surface area contributed by atoms with Gasteiger partial charge in [-0.2, -0.15) is 0 Å². The lowest BCUT2D eigenvalue weighted by Gasteiger charge is -2.28. The van der Waals surface area contributed by atoms with E-state index in [4.69, 9.17) is 4.74 Å². The van der Waals surface area contributed by atoms with Gasteiger partial charge in [-0.15, -0.1) is 0 Å². The van der Waals surface area contributed by atoms with Crippen LogP contribution in [0.5, 0.6) is 0 Å². The van der Waals surface area contributed by atoms with E-state index < -0.39 is 5.60 Å². The quantitative estimate of drug-likeness (QED) is 0.786. The largest absolute Gasteiger partial charge is 0.394 e. The Kier molecular flexibility index (Phi) is 5.99. The second-order valence-electron chi connectivity index (χ2n) is 4.83. The number of amides is 1. The van der Waals surface area contributed by atoms with Gasteiger partial charge in [0.25, 0.3) is 5.91 Å². The van der Waals surface area contributed by atoms with Crippen molar-refractivity contribution in [2.45, 2.75) is 38.3 Å². The minimum atomic E-state index is -0.843. The summed E-state index contributed by atoms with van der Waals surface area (Å²) in [5.74, 6) is -0.188. The summed E-state index contributed by atoms with van der Waals surface area (Å²) in [6.07, 6.45) is 1.19. The lowest BCUT2D eigenvalue weighted by molar-refractivity contribution is -0.142. The number of ether oxygens (including phenoxy) is 1. The summed E-state index contributed by atoms with van der Waals surface area (Å²) >= 11 is 0. The van der Waals surface area contributed by atoms with Crippen molar-refractivity contribution in [1.29, 1.82) is 0 Å². The molecule has 106 valence electrons. The number of aliphatic hydroxyl groups is 1. The van der Waals surface area contributed by atoms with Crippen molar-refractivity contribution in [2.75, 3.05) is 13.7 Å². The lowest BCUT2D eigenvalue weighted by atomic mass is 10.0. The van der Waals surface area contributed by atoms with Gasteiger partial charge in [0.05, 0.1) is 12.6 Å². The summed E-state index contributed by atoms with van der Waals surface area (Å²) in [4.78, 5) is 12.1. The molecule has 0 aliphatic carbocycles. The second kappa shape index (κ2) is 7.26. The summed E-state index contributed by atoms with van der Waals surface area (Å²) in [5.41, 5.74) is 0.238. The van der Waals surface area contributed by atoms with Crippen LogP contribution in [0.4, 0.5) is 0 Å². The van der Waals surface area contributed by atoms with Crippen LogP contribution in [0.2, 0.25) is 0 Å². The SMILES string of the molecule is CCC(C)(OC)C(=O)NC(CO)Cc1ccccc1. The standard InChI is InChI=1S/C15H23NO3/c1-4-15(2,19-3)14(18)16-13(11-17)10-12-8-6-5-7-9-12/h5-9,13,17H,4,10-11H2,1-3H3,(H,16,18). The van der Waals surface area contributed by atoms with Gasteiger partial charge in [-0.05, 0) is 25.3 Å². The van der Waals surface area contributed by atoms with Crippen molar-refractivity contribution in [1.82, 2.24) is 5.32 Å². The fourth-order valence-corrected chi connectivity index (χ4v) is 1.80. The molecule has 1 amide bonds. The Hall–Kier alpha value is -1.39. The van der Waals surface area contributed by atoms with Gasteiger partial charge in [-0.25, -0.2) is 0 Å². The zero-order chi connectivity index (χ0) is 14.3. The smallest absolute Gasteiger partial charge is 0.252 e. The van der Waals surface area contributed by atoms with Gasteiger partial charge in [-0.3, -0.25) is 4.79 Å². The molecule has 0 heterocycles. The molecule has 1 aromatic rings. The number of rotatable bonds is 7. The molecule has 4 heteroatoms. The van der Waals surface area contributed by atoms with Crippen molar-refractivity contribution in [2.24, 2.45) is 0 Å². The average molecular weight is 265 g/mol. The summed E-state index contributed by atoms with van der Waals surface area (Å²) in [6.45, 7) is 3.55. The third-order valence-corrected chi connectivity index (χ3v) is 3.49. The molecule has 0 fully saturated rings. The molecule has 2 unspecified atom stereocenters. The molecule has 0 aromatic heterocycles. The molecule has 0 bridgehead atoms. The normalized spacial score (nSPS) is 15.6. The predicted octanol–water partition coefficient (Wildman–Crippen LogP) is 1.52. The van der Waals surface area contributed by atoms with E-state index in [0.717, 1.165) is 5.56 Å². The summed E-state index contributed by atoms with van der Waals surface area (Å²) in [6, 6.07) is 9.48. The number of aliphatic hydroxyl groups excluding tert-OH is 1. The van der Waals surface area contributed by atoms with Crippen molar-refractivity contribution in [3.63, 3.8) is 0 Å². The van der Waals surface area contributed by atoms with Crippen LogP contribution < -0.4 is 5.32 Å². The van der Waals surface area contributed by atoms with Crippen LogP contribution in [-0.2, 0) is 16.0 Å². The van der Waals surface area contributed by atoms with Crippen LogP contribution in [0, 0.1) is 0 Å². The monoisotopic (exact) mass is 265 g/mol. The molecular formula is C15H23NO3. The van der Waals surface area contributed by atoms with E-state index in [1.54, 1.807) is 6.92 Å². The number of hydrogen-bond acceptors (Lipinski definition) is 3. The third kappa shape index (κ3) is 4.33. The van der Waals surface area contributed by atoms with Crippen LogP contribution in [-0.4, -0.2) is 36.4 Å². The topological polar surface area (TPSA) is 58.6 Å². The Bertz CT molecular complexity index is 388. The summed E-state index contributed by atoms with van der Waals surface area (Å²) < 4.78 is 5.25. The third-order valence-electron chi connectivity index (χ3n) is 3.49. The maximum Gasteiger partial charge on any atom is 0.252 e. The first kappa shape index (κ1) is 15.7. The highest BCUT2D eigenvalue weighted by Crippen LogP contribution is 2.14. The van der Waals surface area contributed by atoms with Crippen LogP contribution >= 0.6 is 0 Å². The number of carbonyl (C=O) groups is 1. The molecule has 19 heavy (non-hydrogen) atoms. The zero-order valence-corrected chi connectivity index (χ0v) is 11.8. The van der Waals surface area contributed by atoms with Gasteiger partial charge in [0.1, 0.15) is 5.60 Å². The number of benzene rings is 1. The van der Waals surface area contributed by atoms with Gasteiger partial charge in [0.15, 0.2) is 0 Å². The fraction of sp³-hybridized carbons (Fsp3) is 0.533. The Balaban J connectivity index is 2.65. The molecule has 0 saturated heterocycles. The first-order chi connectivity index (χ1) is 9.05. The van der Waals surface area contributed by atoms with Gasteiger partial charge in [-0.1, -0.05) is 37.3 Å². The highest BCUT2D eigenvalue weighted by Gasteiger charge is 2.32. The Morgan fingerprint density at radius 1 is 1.42 bits per heavy atom. The van der Waals surface area contributed by atoms with Crippen molar-refractivity contribution in [3.05, 3.63) is 35.9 Å². The number of carbonyl (C=O) groups excluding carboxylic acids is 1. The van der Waals surface area contributed by atoms with Gasteiger partial charge >= 0.3 is 0 Å². The molecule has 1 rings (SSSR count). The van der Waals surface area contributed by atoms with Crippen LogP contribution in [0.3, 0.4) is 0 Å². The fourth-order valence-electron chi connectivity index (χ4n) is 1.80. The summed E-state index contributed by atoms with van der Waals surface area (Å²) in [5, 5.41) is 12.2. The number of hydrogen-bond donors (Lipinski definition) is 2. The maximum absolute atomic E-state index is 12.1. The Morgan fingerprint density at radius 2 is 2.05 bits per heavy atom. The highest BCUT2D eigenvalue weighted by molar-refractivity contribution is 5.85. The van der Waals surface area contributed by atoms with E-state index in [1.807, 2.05) is 37.3 Å². The van der Waals surface area contributed by atoms with E-state index in [2.05, 4.69) is 5.32 Å². The number of methoxy groups -OCH3 is 1. The first-order valence-corrected chi connectivity index (χ1v) is 6.56. The van der Waals surface area contributed by atoms with Gasteiger partial charge in [0, 0.05) is 7.11 Å². The highest BCUT2D eigenvalue weighted by atomic mass is 16.5. The second-order valence-corrected chi connectivity index (χ2v) is 4.83. The minimum Gasteiger partial charge on any atom is -0.394 e. The molecule has 0 saturated carbocycles. The van der Waals surface area contributed by atoms with Crippen LogP contribution in [0.25, 0.3) is 0 Å². The molecular weight excluding hydrogens is 242 g/mol. The average Bonchev–Trinajstić information content (AvgIpc) is 2.46.